The summed E-state index contributed by atoms with van der Waals surface area (Å²) in [5.74, 6) is 2.82. The van der Waals surface area contributed by atoms with E-state index < -0.39 is 0 Å². The van der Waals surface area contributed by atoms with Crippen molar-refractivity contribution >= 4 is 66.6 Å². The van der Waals surface area contributed by atoms with Gasteiger partial charge in [0.1, 0.15) is 22.5 Å². The summed E-state index contributed by atoms with van der Waals surface area (Å²) in [5.41, 5.74) is 11.4. The van der Waals surface area contributed by atoms with Gasteiger partial charge in [0.2, 0.25) is 0 Å². The van der Waals surface area contributed by atoms with Gasteiger partial charge >= 0.3 is 0 Å². The van der Waals surface area contributed by atoms with Gasteiger partial charge in [-0.05, 0) is 99.5 Å². The summed E-state index contributed by atoms with van der Waals surface area (Å²) in [6.07, 6.45) is 13.0. The molecule has 0 saturated carbocycles. The summed E-state index contributed by atoms with van der Waals surface area (Å²) in [5, 5.41) is 8.42. The molecule has 10 aromatic rings. The lowest BCUT2D eigenvalue weighted by Crippen LogP contribution is -2.00. The van der Waals surface area contributed by atoms with Crippen LogP contribution in [0.2, 0.25) is 0 Å². The predicted molar refractivity (Wildman–Crippen MR) is 228 cm³/mol. The molecule has 5 heteroatoms. The molecule has 0 spiro atoms. The molecular formula is C51H33N3O2. The van der Waals surface area contributed by atoms with Gasteiger partial charge in [-0.1, -0.05) is 115 Å². The molecule has 0 unspecified atom stereocenters. The van der Waals surface area contributed by atoms with Crippen LogP contribution in [0.15, 0.2) is 148 Å². The van der Waals surface area contributed by atoms with Gasteiger partial charge in [-0.3, -0.25) is 0 Å². The second kappa shape index (κ2) is 12.2. The predicted octanol–water partition coefficient (Wildman–Crippen LogP) is 13.4. The monoisotopic (exact) mass is 719 g/mol. The first kappa shape index (κ1) is 31.3. The van der Waals surface area contributed by atoms with Gasteiger partial charge in [-0.2, -0.15) is 0 Å². The number of aromatic nitrogens is 3. The van der Waals surface area contributed by atoms with Gasteiger partial charge in [-0.25, -0.2) is 15.0 Å². The molecule has 3 aromatic heterocycles. The zero-order valence-corrected chi connectivity index (χ0v) is 30.4. The number of hydrogen-bond donors (Lipinski definition) is 0. The van der Waals surface area contributed by atoms with Crippen molar-refractivity contribution < 1.29 is 8.83 Å². The van der Waals surface area contributed by atoms with Crippen molar-refractivity contribution in [1.29, 1.82) is 0 Å². The third-order valence-corrected chi connectivity index (χ3v) is 11.6. The second-order valence-corrected chi connectivity index (χ2v) is 14.9. The van der Waals surface area contributed by atoms with Gasteiger partial charge in [0.05, 0.1) is 0 Å². The number of aryl methyl sites for hydroxylation is 2. The van der Waals surface area contributed by atoms with E-state index in [2.05, 4.69) is 109 Å². The van der Waals surface area contributed by atoms with Crippen molar-refractivity contribution in [2.75, 3.05) is 0 Å². The van der Waals surface area contributed by atoms with Crippen LogP contribution in [-0.4, -0.2) is 15.0 Å². The largest absolute Gasteiger partial charge is 0.460 e. The molecule has 12 rings (SSSR count). The minimum Gasteiger partial charge on any atom is -0.460 e. The SMILES string of the molecule is C1=Cc2c(oc3cccc(-c4nc(-c5ccccc5)nc(-c5ccc6c(c5)oc5cc(-c7ccc8c9c(c%10ccccc%10c8c7)CCC=C9)ccc56)n4)c23)CC1. The van der Waals surface area contributed by atoms with Gasteiger partial charge in [0.15, 0.2) is 17.5 Å². The van der Waals surface area contributed by atoms with E-state index in [0.29, 0.717) is 17.5 Å². The maximum atomic E-state index is 6.65. The lowest BCUT2D eigenvalue weighted by Gasteiger charge is -2.18. The van der Waals surface area contributed by atoms with Crippen LogP contribution in [-0.2, 0) is 12.8 Å². The van der Waals surface area contributed by atoms with Crippen LogP contribution in [0.5, 0.6) is 0 Å². The Hall–Kier alpha value is -7.11. The molecule has 264 valence electrons. The zero-order chi connectivity index (χ0) is 36.7. The highest BCUT2D eigenvalue weighted by Crippen LogP contribution is 2.41. The molecule has 2 aliphatic carbocycles. The van der Waals surface area contributed by atoms with Crippen LogP contribution in [0.25, 0.3) is 112 Å². The Morgan fingerprint density at radius 2 is 1.07 bits per heavy atom. The van der Waals surface area contributed by atoms with Crippen LogP contribution in [0, 0.1) is 0 Å². The van der Waals surface area contributed by atoms with Gasteiger partial charge < -0.3 is 8.83 Å². The average Bonchev–Trinajstić information content (AvgIpc) is 3.84. The number of hydrogen-bond acceptors (Lipinski definition) is 5. The Morgan fingerprint density at radius 3 is 1.91 bits per heavy atom. The third-order valence-electron chi connectivity index (χ3n) is 11.6. The fraction of sp³-hybridized carbons (Fsp3) is 0.0784. The van der Waals surface area contributed by atoms with Gasteiger partial charge in [0, 0.05) is 44.8 Å². The number of allylic oxidation sites excluding steroid dienone is 2. The second-order valence-electron chi connectivity index (χ2n) is 14.9. The number of rotatable bonds is 4. The van der Waals surface area contributed by atoms with Crippen LogP contribution in [0.3, 0.4) is 0 Å². The topological polar surface area (TPSA) is 65.0 Å². The van der Waals surface area contributed by atoms with Crippen molar-refractivity contribution in [2.24, 2.45) is 0 Å². The number of nitrogens with zero attached hydrogens (tertiary/aromatic N) is 3. The standard InChI is InChI=1S/C51H33N3O2/c1-2-11-30(12-3-1)49-52-50(54-51(53-49)42-18-10-20-45-48(42)41-17-8-9-19-44(41)55-45)33-23-26-40-39-25-22-32(28-46(39)56-47(40)29-33)31-21-24-38-36-15-5-4-13-34(36)35-14-6-7-16-37(35)43(38)27-31/h1-3,5-8,10-12,14-18,20-29H,4,9,13,19H2. The highest BCUT2D eigenvalue weighted by Gasteiger charge is 2.22. The van der Waals surface area contributed by atoms with Crippen molar-refractivity contribution in [2.45, 2.75) is 25.7 Å². The Balaban J connectivity index is 0.982. The average molecular weight is 720 g/mol. The molecule has 0 fully saturated rings. The van der Waals surface area contributed by atoms with E-state index in [0.717, 1.165) is 92.2 Å². The van der Waals surface area contributed by atoms with E-state index in [4.69, 9.17) is 23.8 Å². The summed E-state index contributed by atoms with van der Waals surface area (Å²) >= 11 is 0. The summed E-state index contributed by atoms with van der Waals surface area (Å²) in [6, 6.07) is 44.8. The maximum absolute atomic E-state index is 6.65. The van der Waals surface area contributed by atoms with E-state index in [1.54, 1.807) is 0 Å². The van der Waals surface area contributed by atoms with Crippen molar-refractivity contribution in [3.63, 3.8) is 0 Å². The Morgan fingerprint density at radius 1 is 0.411 bits per heavy atom. The molecule has 0 N–H and O–H groups in total. The van der Waals surface area contributed by atoms with E-state index in [1.165, 1.54) is 38.2 Å². The smallest absolute Gasteiger partial charge is 0.164 e. The van der Waals surface area contributed by atoms with Crippen molar-refractivity contribution in [3.8, 4) is 45.3 Å². The minimum absolute atomic E-state index is 0.585. The first-order chi connectivity index (χ1) is 27.7. The van der Waals surface area contributed by atoms with Crippen LogP contribution in [0.4, 0.5) is 0 Å². The fourth-order valence-electron chi connectivity index (χ4n) is 8.98. The lowest BCUT2D eigenvalue weighted by molar-refractivity contribution is 0.546. The zero-order valence-electron chi connectivity index (χ0n) is 30.4. The quantitative estimate of drug-likeness (QED) is 0.169. The first-order valence-electron chi connectivity index (χ1n) is 19.4. The summed E-state index contributed by atoms with van der Waals surface area (Å²) in [6.45, 7) is 0. The molecule has 2 aliphatic rings. The first-order valence-corrected chi connectivity index (χ1v) is 19.4. The number of fused-ring (bicyclic) bond motifs is 12. The number of benzene rings is 7. The Labute approximate surface area is 322 Å². The van der Waals surface area contributed by atoms with Crippen molar-refractivity contribution in [1.82, 2.24) is 15.0 Å². The van der Waals surface area contributed by atoms with Gasteiger partial charge in [-0.15, -0.1) is 0 Å². The summed E-state index contributed by atoms with van der Waals surface area (Å²) < 4.78 is 13.0. The normalized spacial score (nSPS) is 13.6. The van der Waals surface area contributed by atoms with E-state index in [1.807, 2.05) is 42.5 Å². The Kier molecular flexibility index (Phi) is 6.81. The molecule has 0 amide bonds. The van der Waals surface area contributed by atoms with Crippen LogP contribution < -0.4 is 0 Å². The summed E-state index contributed by atoms with van der Waals surface area (Å²) in [4.78, 5) is 15.2. The molecule has 0 bridgehead atoms. The van der Waals surface area contributed by atoms with E-state index in [9.17, 15) is 0 Å². The van der Waals surface area contributed by atoms with Crippen molar-refractivity contribution in [3.05, 3.63) is 162 Å². The Bertz CT molecular complexity index is 3310. The maximum Gasteiger partial charge on any atom is 0.164 e. The lowest BCUT2D eigenvalue weighted by atomic mass is 9.86. The van der Waals surface area contributed by atoms with Crippen LogP contribution >= 0.6 is 0 Å². The highest BCUT2D eigenvalue weighted by molar-refractivity contribution is 6.14. The molecule has 5 nitrogen and oxygen atoms in total. The molecule has 56 heavy (non-hydrogen) atoms. The molecule has 0 radical (unpaired) electrons. The minimum atomic E-state index is 0.585. The van der Waals surface area contributed by atoms with E-state index >= 15 is 0 Å². The highest BCUT2D eigenvalue weighted by atomic mass is 16.3. The molecule has 7 aromatic carbocycles. The molecular weight excluding hydrogens is 687 g/mol. The van der Waals surface area contributed by atoms with E-state index in [-0.39, 0.29) is 0 Å². The fourth-order valence-corrected chi connectivity index (χ4v) is 8.98. The number of furan rings is 2. The third kappa shape index (κ3) is 4.84. The van der Waals surface area contributed by atoms with Gasteiger partial charge in [0.25, 0.3) is 0 Å². The molecule has 0 aliphatic heterocycles. The van der Waals surface area contributed by atoms with Crippen LogP contribution in [0.1, 0.15) is 35.3 Å². The molecule has 0 saturated heterocycles. The molecule has 3 heterocycles. The molecule has 0 atom stereocenters. The summed E-state index contributed by atoms with van der Waals surface area (Å²) in [7, 11) is 0.